The first-order chi connectivity index (χ1) is 11.6. The second-order valence-electron chi connectivity index (χ2n) is 5.77. The lowest BCUT2D eigenvalue weighted by Gasteiger charge is -2.16. The molecule has 0 radical (unpaired) electrons. The summed E-state index contributed by atoms with van der Waals surface area (Å²) in [5.41, 5.74) is 4.80. The summed E-state index contributed by atoms with van der Waals surface area (Å²) in [6, 6.07) is 8.56. The van der Waals surface area contributed by atoms with E-state index in [4.69, 9.17) is 0 Å². The van der Waals surface area contributed by atoms with Gasteiger partial charge in [-0.05, 0) is 59.1 Å². The Labute approximate surface area is 143 Å². The summed E-state index contributed by atoms with van der Waals surface area (Å²) in [5.74, 6) is 0. The number of rotatable bonds is 8. The number of thiophene rings is 1. The number of benzene rings is 1. The van der Waals surface area contributed by atoms with Gasteiger partial charge in [0.2, 0.25) is 0 Å². The molecule has 0 atom stereocenters. The third-order valence-corrected chi connectivity index (χ3v) is 4.78. The summed E-state index contributed by atoms with van der Waals surface area (Å²) in [5, 5.41) is 5.44. The van der Waals surface area contributed by atoms with Crippen molar-refractivity contribution in [2.75, 3.05) is 26.7 Å². The molecule has 0 bridgehead atoms. The summed E-state index contributed by atoms with van der Waals surface area (Å²) in [6.07, 6.45) is 2.89. The first kappa shape index (κ1) is 17.1. The zero-order chi connectivity index (χ0) is 16.9. The molecule has 128 valence electrons. The van der Waals surface area contributed by atoms with Crippen LogP contribution in [-0.2, 0) is 11.2 Å². The number of alkyl halides is 2. The van der Waals surface area contributed by atoms with Crippen LogP contribution < -0.4 is 0 Å². The van der Waals surface area contributed by atoms with E-state index in [1.807, 2.05) is 18.1 Å². The molecule has 0 fully saturated rings. The van der Waals surface area contributed by atoms with Crippen LogP contribution in [-0.4, -0.2) is 43.2 Å². The predicted molar refractivity (Wildman–Crippen MR) is 94.8 cm³/mol. The van der Waals surface area contributed by atoms with Crippen LogP contribution in [0.4, 0.5) is 8.78 Å². The van der Waals surface area contributed by atoms with E-state index in [1.165, 1.54) is 22.1 Å². The molecule has 24 heavy (non-hydrogen) atoms. The number of nitrogens with zero attached hydrogens (tertiary/aromatic N) is 1. The van der Waals surface area contributed by atoms with E-state index < -0.39 is 6.61 Å². The van der Waals surface area contributed by atoms with Crippen molar-refractivity contribution in [2.45, 2.75) is 13.0 Å². The lowest BCUT2D eigenvalue weighted by atomic mass is 10.0. The Hall–Kier alpha value is -1.76. The van der Waals surface area contributed by atoms with Gasteiger partial charge in [0.15, 0.2) is 0 Å². The fourth-order valence-electron chi connectivity index (χ4n) is 2.71. The van der Waals surface area contributed by atoms with Crippen molar-refractivity contribution in [1.29, 1.82) is 0 Å². The van der Waals surface area contributed by atoms with Gasteiger partial charge < -0.3 is 14.6 Å². The van der Waals surface area contributed by atoms with Crippen LogP contribution >= 0.6 is 11.3 Å². The molecule has 1 N–H and O–H groups in total. The van der Waals surface area contributed by atoms with Crippen LogP contribution in [0.15, 0.2) is 41.2 Å². The average Bonchev–Trinajstić information content (AvgIpc) is 3.22. The number of H-pyrrole nitrogens is 1. The third-order valence-electron chi connectivity index (χ3n) is 4.10. The van der Waals surface area contributed by atoms with Gasteiger partial charge >= 0.3 is 6.61 Å². The second-order valence-corrected chi connectivity index (χ2v) is 6.55. The molecule has 0 spiro atoms. The van der Waals surface area contributed by atoms with Gasteiger partial charge in [-0.3, -0.25) is 0 Å². The van der Waals surface area contributed by atoms with E-state index >= 15 is 0 Å². The zero-order valence-electron chi connectivity index (χ0n) is 13.5. The van der Waals surface area contributed by atoms with E-state index in [1.54, 1.807) is 11.3 Å². The molecule has 0 saturated heterocycles. The number of hydrogen-bond acceptors (Lipinski definition) is 3. The van der Waals surface area contributed by atoms with Crippen LogP contribution in [0, 0.1) is 0 Å². The highest BCUT2D eigenvalue weighted by Crippen LogP contribution is 2.28. The second kappa shape index (κ2) is 7.88. The van der Waals surface area contributed by atoms with Crippen LogP contribution in [0.1, 0.15) is 5.56 Å². The standard InChI is InChI=1S/C18H20F2N2OS/c1-22(7-8-23-18(19)20)6-4-14-11-21-17-3-2-13(10-16(14)17)15-5-9-24-12-15/h2-3,5,9-12,18,21H,4,6-8H2,1H3. The van der Waals surface area contributed by atoms with Crippen LogP contribution in [0.2, 0.25) is 0 Å². The van der Waals surface area contributed by atoms with Crippen molar-refractivity contribution < 1.29 is 13.5 Å². The largest absolute Gasteiger partial charge is 0.361 e. The molecule has 3 aromatic rings. The lowest BCUT2D eigenvalue weighted by Crippen LogP contribution is -2.26. The van der Waals surface area contributed by atoms with Gasteiger partial charge in [-0.15, -0.1) is 0 Å². The molecular weight excluding hydrogens is 330 g/mol. The predicted octanol–water partition coefficient (Wildman–Crippen LogP) is 4.61. The van der Waals surface area contributed by atoms with Gasteiger partial charge in [-0.2, -0.15) is 20.1 Å². The maximum Gasteiger partial charge on any atom is 0.345 e. The number of nitrogens with one attached hydrogen (secondary N) is 1. The summed E-state index contributed by atoms with van der Waals surface area (Å²) in [7, 11) is 1.92. The quantitative estimate of drug-likeness (QED) is 0.643. The lowest BCUT2D eigenvalue weighted by molar-refractivity contribution is -0.131. The average molecular weight is 350 g/mol. The Bertz CT molecular complexity index is 771. The van der Waals surface area contributed by atoms with Gasteiger partial charge in [-0.25, -0.2) is 0 Å². The number of aromatic amines is 1. The first-order valence-corrected chi connectivity index (χ1v) is 8.78. The first-order valence-electron chi connectivity index (χ1n) is 7.84. The molecule has 0 unspecified atom stereocenters. The third kappa shape index (κ3) is 4.20. The molecule has 2 aromatic heterocycles. The Morgan fingerprint density at radius 2 is 2.08 bits per heavy atom. The smallest absolute Gasteiger partial charge is 0.345 e. The summed E-state index contributed by atoms with van der Waals surface area (Å²) >= 11 is 1.69. The number of aromatic nitrogens is 1. The minimum Gasteiger partial charge on any atom is -0.361 e. The van der Waals surface area contributed by atoms with Crippen LogP contribution in [0.25, 0.3) is 22.0 Å². The van der Waals surface area contributed by atoms with Crippen molar-refractivity contribution in [1.82, 2.24) is 9.88 Å². The maximum absolute atomic E-state index is 12.0. The van der Waals surface area contributed by atoms with Crippen molar-refractivity contribution >= 4 is 22.2 Å². The Kier molecular flexibility index (Phi) is 5.60. The molecule has 1 aromatic carbocycles. The van der Waals surface area contributed by atoms with Crippen molar-refractivity contribution in [3.05, 3.63) is 46.8 Å². The maximum atomic E-state index is 12.0. The van der Waals surface area contributed by atoms with Gasteiger partial charge in [0.1, 0.15) is 0 Å². The fraction of sp³-hybridized carbons (Fsp3) is 0.333. The Morgan fingerprint density at radius 3 is 2.83 bits per heavy atom. The van der Waals surface area contributed by atoms with Crippen LogP contribution in [0.5, 0.6) is 0 Å². The molecule has 6 heteroatoms. The molecule has 0 saturated carbocycles. The molecule has 0 amide bonds. The molecule has 3 rings (SSSR count). The monoisotopic (exact) mass is 350 g/mol. The highest BCUT2D eigenvalue weighted by Gasteiger charge is 2.08. The van der Waals surface area contributed by atoms with E-state index in [-0.39, 0.29) is 6.61 Å². The zero-order valence-corrected chi connectivity index (χ0v) is 14.3. The molecule has 0 aliphatic heterocycles. The van der Waals surface area contributed by atoms with Crippen molar-refractivity contribution in [3.63, 3.8) is 0 Å². The van der Waals surface area contributed by atoms with E-state index in [0.29, 0.717) is 6.54 Å². The van der Waals surface area contributed by atoms with Gasteiger partial charge in [-0.1, -0.05) is 6.07 Å². The molecule has 0 aliphatic rings. The highest BCUT2D eigenvalue weighted by molar-refractivity contribution is 7.08. The highest BCUT2D eigenvalue weighted by atomic mass is 32.1. The van der Waals surface area contributed by atoms with Gasteiger partial charge in [0.05, 0.1) is 6.61 Å². The number of fused-ring (bicyclic) bond motifs is 1. The number of halogens is 2. The minimum atomic E-state index is -2.69. The van der Waals surface area contributed by atoms with Crippen molar-refractivity contribution in [2.24, 2.45) is 0 Å². The molecule has 2 heterocycles. The number of hydrogen-bond donors (Lipinski definition) is 1. The molecule has 3 nitrogen and oxygen atoms in total. The summed E-state index contributed by atoms with van der Waals surface area (Å²) in [6.45, 7) is -1.36. The molecule has 0 aliphatic carbocycles. The number of likely N-dealkylation sites (N-methyl/N-ethyl adjacent to an activating group) is 1. The minimum absolute atomic E-state index is 0.0460. The van der Waals surface area contributed by atoms with Gasteiger partial charge in [0, 0.05) is 30.2 Å². The SMILES string of the molecule is CN(CCOC(F)F)CCc1c[nH]c2ccc(-c3ccsc3)cc12. The normalized spacial score (nSPS) is 11.9. The molecular formula is C18H20F2N2OS. The topological polar surface area (TPSA) is 28.3 Å². The Morgan fingerprint density at radius 1 is 1.21 bits per heavy atom. The fourth-order valence-corrected chi connectivity index (χ4v) is 3.38. The number of ether oxygens (including phenoxy) is 1. The van der Waals surface area contributed by atoms with E-state index in [2.05, 4.69) is 44.7 Å². The van der Waals surface area contributed by atoms with Crippen molar-refractivity contribution in [3.8, 4) is 11.1 Å². The Balaban J connectivity index is 1.65. The van der Waals surface area contributed by atoms with Gasteiger partial charge in [0.25, 0.3) is 0 Å². The van der Waals surface area contributed by atoms with E-state index in [0.717, 1.165) is 18.5 Å². The van der Waals surface area contributed by atoms with E-state index in [9.17, 15) is 8.78 Å². The van der Waals surface area contributed by atoms with Crippen LogP contribution in [0.3, 0.4) is 0 Å². The summed E-state index contributed by atoms with van der Waals surface area (Å²) in [4.78, 5) is 5.31. The summed E-state index contributed by atoms with van der Waals surface area (Å²) < 4.78 is 28.3.